The van der Waals surface area contributed by atoms with Gasteiger partial charge in [-0.05, 0) is 26.3 Å². The molecule has 9 heteroatoms. The number of methoxy groups -OCH3 is 1. The SMILES string of the molecule is C=CC.CC.CCCC(NC/C=C/COC)C(=O)NCc1cc(C)nc(-n2ccnc2)n1.CO. The van der Waals surface area contributed by atoms with Gasteiger partial charge < -0.3 is 20.5 Å². The number of aliphatic hydroxyl groups excluding tert-OH is 1. The van der Waals surface area contributed by atoms with Gasteiger partial charge in [-0.15, -0.1) is 6.58 Å². The Morgan fingerprint density at radius 1 is 1.29 bits per heavy atom. The van der Waals surface area contributed by atoms with E-state index < -0.39 is 0 Å². The number of carbonyl (C=O) groups is 1. The maximum absolute atomic E-state index is 12.5. The number of nitrogens with zero attached hydrogens (tertiary/aromatic N) is 4. The van der Waals surface area contributed by atoms with E-state index in [1.807, 2.05) is 45.9 Å². The Kier molecular flexibility index (Phi) is 22.8. The van der Waals surface area contributed by atoms with Gasteiger partial charge in [0, 0.05) is 38.9 Å². The molecule has 0 aliphatic heterocycles. The van der Waals surface area contributed by atoms with Crippen LogP contribution in [-0.4, -0.2) is 63.9 Å². The largest absolute Gasteiger partial charge is 0.400 e. The number of hydrogen-bond acceptors (Lipinski definition) is 7. The van der Waals surface area contributed by atoms with Gasteiger partial charge in [-0.25, -0.2) is 15.0 Å². The predicted molar refractivity (Wildman–Crippen MR) is 139 cm³/mol. The van der Waals surface area contributed by atoms with Crippen LogP contribution in [0.3, 0.4) is 0 Å². The minimum absolute atomic E-state index is 0.0302. The fraction of sp³-hybridized carbons (Fsp3) is 0.520. The van der Waals surface area contributed by atoms with Crippen molar-refractivity contribution >= 4 is 5.91 Å². The Hall–Kier alpha value is -2.88. The van der Waals surface area contributed by atoms with Gasteiger partial charge in [-0.3, -0.25) is 9.36 Å². The highest BCUT2D eigenvalue weighted by Gasteiger charge is 2.16. The van der Waals surface area contributed by atoms with Crippen molar-refractivity contribution in [2.24, 2.45) is 0 Å². The maximum Gasteiger partial charge on any atom is 0.237 e. The monoisotopic (exact) mass is 476 g/mol. The minimum atomic E-state index is -0.238. The quantitative estimate of drug-likeness (QED) is 0.426. The average molecular weight is 477 g/mol. The molecule has 1 amide bonds. The number of ether oxygens (including phenoxy) is 1. The molecule has 0 bridgehead atoms. The van der Waals surface area contributed by atoms with Crippen LogP contribution >= 0.6 is 0 Å². The van der Waals surface area contributed by atoms with Crippen LogP contribution in [0.2, 0.25) is 0 Å². The van der Waals surface area contributed by atoms with Gasteiger partial charge in [0.15, 0.2) is 0 Å². The van der Waals surface area contributed by atoms with Crippen molar-refractivity contribution in [1.82, 2.24) is 30.2 Å². The number of aryl methyl sites for hydroxylation is 1. The molecule has 192 valence electrons. The van der Waals surface area contributed by atoms with E-state index in [2.05, 4.69) is 39.1 Å². The molecule has 0 aliphatic rings. The van der Waals surface area contributed by atoms with E-state index in [1.165, 1.54) is 0 Å². The molecule has 2 rings (SSSR count). The topological polar surface area (TPSA) is 114 Å². The molecule has 2 aromatic rings. The lowest BCUT2D eigenvalue weighted by molar-refractivity contribution is -0.123. The maximum atomic E-state index is 12.5. The number of nitrogens with one attached hydrogen (secondary N) is 2. The highest BCUT2D eigenvalue weighted by Crippen LogP contribution is 2.06. The van der Waals surface area contributed by atoms with E-state index in [0.29, 0.717) is 25.6 Å². The second-order valence-electron chi connectivity index (χ2n) is 6.57. The molecule has 2 heterocycles. The summed E-state index contributed by atoms with van der Waals surface area (Å²) >= 11 is 0. The number of aromatic nitrogens is 4. The first-order valence-electron chi connectivity index (χ1n) is 11.5. The Bertz CT molecular complexity index is 779. The van der Waals surface area contributed by atoms with Crippen LogP contribution in [0.5, 0.6) is 0 Å². The zero-order valence-corrected chi connectivity index (χ0v) is 21.9. The van der Waals surface area contributed by atoms with Crippen LogP contribution in [0.15, 0.2) is 49.6 Å². The van der Waals surface area contributed by atoms with Gasteiger partial charge in [0.1, 0.15) is 6.33 Å². The summed E-state index contributed by atoms with van der Waals surface area (Å²) in [7, 11) is 2.65. The summed E-state index contributed by atoms with van der Waals surface area (Å²) in [6.07, 6.45) is 12.4. The molecule has 0 saturated carbocycles. The highest BCUT2D eigenvalue weighted by atomic mass is 16.5. The molecule has 0 saturated heterocycles. The van der Waals surface area contributed by atoms with Crippen LogP contribution in [0, 0.1) is 6.92 Å². The zero-order chi connectivity index (χ0) is 26.2. The number of allylic oxidation sites excluding steroid dienone is 1. The molecule has 3 N–H and O–H groups in total. The second-order valence-corrected chi connectivity index (χ2v) is 6.57. The molecule has 0 spiro atoms. The van der Waals surface area contributed by atoms with Crippen LogP contribution in [-0.2, 0) is 16.1 Å². The fourth-order valence-electron chi connectivity index (χ4n) is 2.57. The number of carbonyl (C=O) groups excluding carboxylic acids is 1. The summed E-state index contributed by atoms with van der Waals surface area (Å²) in [5.74, 6) is 0.515. The Morgan fingerprint density at radius 3 is 2.53 bits per heavy atom. The lowest BCUT2D eigenvalue weighted by atomic mass is 10.1. The first-order valence-corrected chi connectivity index (χ1v) is 11.5. The van der Waals surface area contributed by atoms with Crippen molar-refractivity contribution in [3.63, 3.8) is 0 Å². The van der Waals surface area contributed by atoms with Gasteiger partial charge in [-0.1, -0.05) is 45.4 Å². The molecule has 0 aliphatic carbocycles. The number of rotatable bonds is 11. The number of amides is 1. The van der Waals surface area contributed by atoms with E-state index in [-0.39, 0.29) is 11.9 Å². The van der Waals surface area contributed by atoms with Crippen LogP contribution < -0.4 is 10.6 Å². The van der Waals surface area contributed by atoms with Gasteiger partial charge >= 0.3 is 0 Å². The molecule has 34 heavy (non-hydrogen) atoms. The van der Waals surface area contributed by atoms with E-state index in [9.17, 15) is 4.79 Å². The van der Waals surface area contributed by atoms with Crippen molar-refractivity contribution in [2.45, 2.75) is 60.0 Å². The van der Waals surface area contributed by atoms with Crippen molar-refractivity contribution < 1.29 is 14.6 Å². The van der Waals surface area contributed by atoms with Crippen molar-refractivity contribution in [1.29, 1.82) is 0 Å². The highest BCUT2D eigenvalue weighted by molar-refractivity contribution is 5.81. The summed E-state index contributed by atoms with van der Waals surface area (Å²) < 4.78 is 6.71. The van der Waals surface area contributed by atoms with E-state index in [4.69, 9.17) is 9.84 Å². The van der Waals surface area contributed by atoms with Gasteiger partial charge in [0.25, 0.3) is 0 Å². The zero-order valence-electron chi connectivity index (χ0n) is 21.9. The first kappa shape index (κ1) is 33.3. The molecule has 1 unspecified atom stereocenters. The third kappa shape index (κ3) is 15.0. The summed E-state index contributed by atoms with van der Waals surface area (Å²) in [4.78, 5) is 25.5. The van der Waals surface area contributed by atoms with Gasteiger partial charge in [-0.2, -0.15) is 0 Å². The number of imidazole rings is 1. The predicted octanol–water partition coefficient (Wildman–Crippen LogP) is 3.37. The smallest absolute Gasteiger partial charge is 0.237 e. The summed E-state index contributed by atoms with van der Waals surface area (Å²) in [6.45, 7) is 14.8. The summed E-state index contributed by atoms with van der Waals surface area (Å²) in [5.41, 5.74) is 1.60. The van der Waals surface area contributed by atoms with Crippen molar-refractivity contribution in [2.75, 3.05) is 27.4 Å². The van der Waals surface area contributed by atoms with Gasteiger partial charge in [0.2, 0.25) is 11.9 Å². The van der Waals surface area contributed by atoms with E-state index in [0.717, 1.165) is 31.3 Å². The Morgan fingerprint density at radius 2 is 1.97 bits per heavy atom. The second kappa shape index (κ2) is 23.3. The molecule has 0 fully saturated rings. The molecular weight excluding hydrogens is 432 g/mol. The molecular formula is C25H44N6O3. The molecule has 0 aromatic carbocycles. The van der Waals surface area contributed by atoms with E-state index >= 15 is 0 Å². The first-order chi connectivity index (χ1) is 16.5. The lowest BCUT2D eigenvalue weighted by Gasteiger charge is -2.17. The molecule has 1 atom stereocenters. The van der Waals surface area contributed by atoms with E-state index in [1.54, 1.807) is 36.5 Å². The third-order valence-electron chi connectivity index (χ3n) is 3.88. The van der Waals surface area contributed by atoms with Crippen LogP contribution in [0.1, 0.15) is 51.9 Å². The molecule has 9 nitrogen and oxygen atoms in total. The molecule has 0 radical (unpaired) electrons. The average Bonchev–Trinajstić information content (AvgIpc) is 3.40. The van der Waals surface area contributed by atoms with Gasteiger partial charge in [0.05, 0.1) is 24.9 Å². The standard InChI is InChI=1S/C19H28N6O2.C3H6.C2H6.CH4O/c1-4-7-17(21-8-5-6-11-27-3)18(26)22-13-16-12-15(2)23-19(24-16)25-10-9-20-14-25;1-3-2;2*1-2/h5-6,9-10,12,14,17,21H,4,7-8,11,13H2,1-3H3,(H,22,26);3H,1H2,2H3;1-2H3;2H,1H3/b6-5+;;;. The minimum Gasteiger partial charge on any atom is -0.400 e. The van der Waals surface area contributed by atoms with Crippen molar-refractivity contribution in [3.05, 3.63) is 61.0 Å². The van der Waals surface area contributed by atoms with Crippen LogP contribution in [0.4, 0.5) is 0 Å². The normalized spacial score (nSPS) is 10.6. The third-order valence-corrected chi connectivity index (χ3v) is 3.88. The summed E-state index contributed by atoms with van der Waals surface area (Å²) in [5, 5.41) is 13.2. The number of hydrogen-bond donors (Lipinski definition) is 3. The molecule has 2 aromatic heterocycles. The fourth-order valence-corrected chi connectivity index (χ4v) is 2.57. The van der Waals surface area contributed by atoms with Crippen LogP contribution in [0.25, 0.3) is 5.95 Å². The lowest BCUT2D eigenvalue weighted by Crippen LogP contribution is -2.44. The summed E-state index contributed by atoms with van der Waals surface area (Å²) in [6, 6.07) is 1.63. The number of aliphatic hydroxyl groups is 1. The Labute approximate surface area is 205 Å². The van der Waals surface area contributed by atoms with Crippen molar-refractivity contribution in [3.8, 4) is 5.95 Å². The Balaban J connectivity index is 0.